The average molecular weight is 292 g/mol. The molecule has 0 N–H and O–H groups in total. The van der Waals surface area contributed by atoms with E-state index in [9.17, 15) is 0 Å². The van der Waals surface area contributed by atoms with Gasteiger partial charge in [-0.25, -0.2) is 0 Å². The summed E-state index contributed by atoms with van der Waals surface area (Å²) in [4.78, 5) is 0. The van der Waals surface area contributed by atoms with Crippen LogP contribution in [0.25, 0.3) is 11.1 Å². The van der Waals surface area contributed by atoms with Crippen LogP contribution in [0.4, 0.5) is 0 Å². The maximum Gasteiger partial charge on any atom is 0.0778 e. The predicted molar refractivity (Wildman–Crippen MR) is 71.9 cm³/mol. The zero-order valence-electron chi connectivity index (χ0n) is 7.98. The van der Waals surface area contributed by atoms with Gasteiger partial charge in [0, 0.05) is 5.02 Å². The molecule has 0 nitrogen and oxygen atoms in total. The van der Waals surface area contributed by atoms with E-state index in [0.717, 1.165) is 11.1 Å². The molecule has 0 saturated heterocycles. The van der Waals surface area contributed by atoms with Gasteiger partial charge < -0.3 is 0 Å². The summed E-state index contributed by atoms with van der Waals surface area (Å²) in [5.41, 5.74) is 1.90. The van der Waals surface area contributed by atoms with Crippen molar-refractivity contribution in [2.45, 2.75) is 0 Å². The topological polar surface area (TPSA) is 0 Å². The van der Waals surface area contributed by atoms with Gasteiger partial charge in [0.1, 0.15) is 0 Å². The van der Waals surface area contributed by atoms with E-state index in [1.807, 2.05) is 24.3 Å². The van der Waals surface area contributed by atoms with E-state index in [0.29, 0.717) is 20.1 Å². The van der Waals surface area contributed by atoms with E-state index in [1.54, 1.807) is 12.1 Å². The highest BCUT2D eigenvalue weighted by Gasteiger charge is 2.07. The van der Waals surface area contributed by atoms with Gasteiger partial charge in [0.25, 0.3) is 0 Å². The molecule has 0 radical (unpaired) electrons. The van der Waals surface area contributed by atoms with Crippen LogP contribution in [0.1, 0.15) is 0 Å². The molecular weight excluding hydrogens is 286 g/mol. The van der Waals surface area contributed by atoms with Gasteiger partial charge in [-0.15, -0.1) is 0 Å². The Balaban J connectivity index is 2.52. The second-order valence-corrected chi connectivity index (χ2v) is 4.89. The summed E-state index contributed by atoms with van der Waals surface area (Å²) in [5, 5.41) is 1.95. The third-order valence-corrected chi connectivity index (χ3v) is 3.61. The van der Waals surface area contributed by atoms with E-state index >= 15 is 0 Å². The second-order valence-electron chi connectivity index (χ2n) is 3.26. The lowest BCUT2D eigenvalue weighted by atomic mass is 10.1. The van der Waals surface area contributed by atoms with E-state index in [-0.39, 0.29) is 0 Å². The summed E-state index contributed by atoms with van der Waals surface area (Å²) in [7, 11) is 0. The first-order valence-electron chi connectivity index (χ1n) is 4.48. The first-order valence-corrected chi connectivity index (χ1v) is 5.99. The van der Waals surface area contributed by atoms with Gasteiger partial charge in [-0.3, -0.25) is 0 Å². The molecule has 0 aliphatic carbocycles. The van der Waals surface area contributed by atoms with Gasteiger partial charge in [0.15, 0.2) is 0 Å². The standard InChI is InChI=1S/C12H6Cl4/c13-9-3-1-7(2-4-9)8-5-10(14)12(16)11(15)6-8/h1-6H. The molecular formula is C12H6Cl4. The fourth-order valence-electron chi connectivity index (χ4n) is 1.36. The molecule has 0 aromatic heterocycles. The molecule has 0 saturated carbocycles. The quantitative estimate of drug-likeness (QED) is 0.568. The van der Waals surface area contributed by atoms with Gasteiger partial charge in [0.05, 0.1) is 15.1 Å². The van der Waals surface area contributed by atoms with Crippen molar-refractivity contribution in [2.75, 3.05) is 0 Å². The molecule has 0 amide bonds. The molecule has 0 heterocycles. The van der Waals surface area contributed by atoms with Crippen molar-refractivity contribution in [3.63, 3.8) is 0 Å². The minimum absolute atomic E-state index is 0.376. The largest absolute Gasteiger partial charge is 0.0843 e. The highest BCUT2D eigenvalue weighted by atomic mass is 35.5. The van der Waals surface area contributed by atoms with Crippen LogP contribution < -0.4 is 0 Å². The summed E-state index contributed by atoms with van der Waals surface area (Å²) in [6.07, 6.45) is 0. The van der Waals surface area contributed by atoms with E-state index in [2.05, 4.69) is 0 Å². The normalized spacial score (nSPS) is 10.5. The molecule has 16 heavy (non-hydrogen) atoms. The van der Waals surface area contributed by atoms with Crippen molar-refractivity contribution in [1.29, 1.82) is 0 Å². The van der Waals surface area contributed by atoms with Gasteiger partial charge in [-0.05, 0) is 35.4 Å². The molecule has 2 aromatic carbocycles. The first kappa shape index (κ1) is 12.1. The summed E-state index contributed by atoms with van der Waals surface area (Å²) in [6.45, 7) is 0. The molecule has 0 atom stereocenters. The molecule has 0 bridgehead atoms. The van der Waals surface area contributed by atoms with Crippen LogP contribution in [0.2, 0.25) is 20.1 Å². The van der Waals surface area contributed by atoms with Crippen molar-refractivity contribution < 1.29 is 0 Å². The molecule has 0 fully saturated rings. The highest BCUT2D eigenvalue weighted by Crippen LogP contribution is 2.35. The van der Waals surface area contributed by atoms with Crippen molar-refractivity contribution in [3.05, 3.63) is 56.5 Å². The Kier molecular flexibility index (Phi) is 3.66. The summed E-state index contributed by atoms with van der Waals surface area (Å²) in [6, 6.07) is 11.0. The van der Waals surface area contributed by atoms with Crippen LogP contribution >= 0.6 is 46.4 Å². The molecule has 0 spiro atoms. The lowest BCUT2D eigenvalue weighted by Gasteiger charge is -2.05. The number of hydrogen-bond donors (Lipinski definition) is 0. The summed E-state index contributed by atoms with van der Waals surface area (Å²) < 4.78 is 0. The van der Waals surface area contributed by atoms with Crippen molar-refractivity contribution in [2.24, 2.45) is 0 Å². The average Bonchev–Trinajstić information content (AvgIpc) is 2.26. The Hall–Kier alpha value is -0.400. The van der Waals surface area contributed by atoms with Crippen LogP contribution in [-0.2, 0) is 0 Å². The summed E-state index contributed by atoms with van der Waals surface area (Å²) in [5.74, 6) is 0. The zero-order valence-corrected chi connectivity index (χ0v) is 11.0. The van der Waals surface area contributed by atoms with Crippen LogP contribution in [0, 0.1) is 0 Å². The lowest BCUT2D eigenvalue weighted by molar-refractivity contribution is 1.61. The first-order chi connectivity index (χ1) is 7.58. The molecule has 2 rings (SSSR count). The van der Waals surface area contributed by atoms with Crippen molar-refractivity contribution >= 4 is 46.4 Å². The fourth-order valence-corrected chi connectivity index (χ4v) is 2.09. The smallest absolute Gasteiger partial charge is 0.0778 e. The molecule has 2 aromatic rings. The summed E-state index contributed by atoms with van der Waals surface area (Å²) >= 11 is 23.6. The Morgan fingerprint density at radius 1 is 0.625 bits per heavy atom. The highest BCUT2D eigenvalue weighted by molar-refractivity contribution is 6.48. The minimum Gasteiger partial charge on any atom is -0.0843 e. The second kappa shape index (κ2) is 4.85. The number of halogens is 4. The molecule has 4 heteroatoms. The Morgan fingerprint density at radius 3 is 1.62 bits per heavy atom. The molecule has 0 unspecified atom stereocenters. The van der Waals surface area contributed by atoms with Gasteiger partial charge in [-0.2, -0.15) is 0 Å². The number of rotatable bonds is 1. The predicted octanol–water partition coefficient (Wildman–Crippen LogP) is 5.97. The van der Waals surface area contributed by atoms with Crippen LogP contribution in [0.5, 0.6) is 0 Å². The van der Waals surface area contributed by atoms with E-state index in [4.69, 9.17) is 46.4 Å². The minimum atomic E-state index is 0.376. The maximum absolute atomic E-state index is 5.96. The van der Waals surface area contributed by atoms with E-state index < -0.39 is 0 Å². The van der Waals surface area contributed by atoms with E-state index in [1.165, 1.54) is 0 Å². The zero-order chi connectivity index (χ0) is 11.7. The van der Waals surface area contributed by atoms with Gasteiger partial charge >= 0.3 is 0 Å². The molecule has 82 valence electrons. The monoisotopic (exact) mass is 290 g/mol. The third-order valence-electron chi connectivity index (χ3n) is 2.16. The molecule has 0 aliphatic rings. The third kappa shape index (κ3) is 2.46. The maximum atomic E-state index is 5.96. The van der Waals surface area contributed by atoms with Crippen molar-refractivity contribution in [1.82, 2.24) is 0 Å². The Bertz CT molecular complexity index is 494. The number of benzene rings is 2. The van der Waals surface area contributed by atoms with Crippen LogP contribution in [0.3, 0.4) is 0 Å². The van der Waals surface area contributed by atoms with Gasteiger partial charge in [0.2, 0.25) is 0 Å². The SMILES string of the molecule is Clc1ccc(-c2cc(Cl)c(Cl)c(Cl)c2)cc1. The number of hydrogen-bond acceptors (Lipinski definition) is 0. The molecule has 0 aliphatic heterocycles. The van der Waals surface area contributed by atoms with Crippen LogP contribution in [0.15, 0.2) is 36.4 Å². The lowest BCUT2D eigenvalue weighted by Crippen LogP contribution is -1.80. The van der Waals surface area contributed by atoms with Crippen molar-refractivity contribution in [3.8, 4) is 11.1 Å². The van der Waals surface area contributed by atoms with Gasteiger partial charge in [-0.1, -0.05) is 58.5 Å². The fraction of sp³-hybridized carbons (Fsp3) is 0. The van der Waals surface area contributed by atoms with Crippen LogP contribution in [-0.4, -0.2) is 0 Å². The Labute approximate surface area is 114 Å². The Morgan fingerprint density at radius 2 is 1.12 bits per heavy atom.